The summed E-state index contributed by atoms with van der Waals surface area (Å²) in [5.74, 6) is -0.0831. The summed E-state index contributed by atoms with van der Waals surface area (Å²) < 4.78 is 17.1. The Morgan fingerprint density at radius 2 is 1.81 bits per heavy atom. The number of esters is 1. The Bertz CT molecular complexity index is 1740. The molecular weight excluding hydrogens is 576 g/mol. The number of aliphatic hydroxyl groups is 1. The molecule has 43 heavy (non-hydrogen) atoms. The van der Waals surface area contributed by atoms with Crippen molar-refractivity contribution in [2.24, 2.45) is 0 Å². The second-order valence-corrected chi connectivity index (χ2v) is 10.1. The number of nitrogens with one attached hydrogen (secondary N) is 1. The summed E-state index contributed by atoms with van der Waals surface area (Å²) >= 11 is 0. The molecule has 2 aromatic carbocycles. The summed E-state index contributed by atoms with van der Waals surface area (Å²) in [6.07, 6.45) is 1.37. The van der Waals surface area contributed by atoms with Crippen molar-refractivity contribution in [3.8, 4) is 22.5 Å². The van der Waals surface area contributed by atoms with Gasteiger partial charge < -0.3 is 27.5 Å². The Hall–Kier alpha value is -3.07. The number of hydrogen-bond acceptors (Lipinski definition) is 10. The fourth-order valence-corrected chi connectivity index (χ4v) is 4.60. The third kappa shape index (κ3) is 7.72. The number of carbonyl (C=O) groups excluding carboxylic acids is 1. The number of imidazole rings is 1. The maximum Gasteiger partial charge on any atom is 2.00 e. The average molecular weight is 609 g/mol. The summed E-state index contributed by atoms with van der Waals surface area (Å²) in [5.41, 5.74) is 2.60. The van der Waals surface area contributed by atoms with Gasteiger partial charge in [-0.1, -0.05) is 55.5 Å². The Labute approximate surface area is 290 Å². The van der Waals surface area contributed by atoms with Gasteiger partial charge in [-0.3, -0.25) is 0 Å². The number of aromatic nitrogens is 6. The Balaban J connectivity index is 0.00000405. The standard InChI is InChI=1S/C29H30N6O6.Mg.Na.3H/c1-5-8-23-30-25(29(3,4)38)24(27(36)39-16-22-17(2)40-28(37)41-22)35(23)15-18-11-13-19(14-12-18)20-9-6-7-10-21(20)26-31-33-34-32-26;;;;;/h6-7,9-14,38H,5,8,15-16H2,1-4H3,(H,31,32,33,34);;;;;/q;+2;+1;3*-1. The van der Waals surface area contributed by atoms with Crippen molar-refractivity contribution in [3.05, 3.63) is 93.4 Å². The van der Waals surface area contributed by atoms with Crippen molar-refractivity contribution in [2.45, 2.75) is 59.3 Å². The molecule has 0 aliphatic heterocycles. The molecule has 0 aliphatic rings. The zero-order chi connectivity index (χ0) is 29.1. The van der Waals surface area contributed by atoms with Crippen LogP contribution in [0.15, 0.2) is 62.2 Å². The van der Waals surface area contributed by atoms with E-state index in [1.54, 1.807) is 25.3 Å². The van der Waals surface area contributed by atoms with Gasteiger partial charge in [0.25, 0.3) is 0 Å². The van der Waals surface area contributed by atoms with E-state index in [0.29, 0.717) is 24.6 Å². The van der Waals surface area contributed by atoms with E-state index in [-0.39, 0.29) is 86.4 Å². The first-order valence-corrected chi connectivity index (χ1v) is 13.2. The van der Waals surface area contributed by atoms with Crippen LogP contribution in [0, 0.1) is 6.92 Å². The first kappa shape index (κ1) is 34.4. The molecule has 0 saturated carbocycles. The third-order valence-electron chi connectivity index (χ3n) is 6.58. The van der Waals surface area contributed by atoms with Crippen LogP contribution in [0.1, 0.15) is 70.6 Å². The van der Waals surface area contributed by atoms with Gasteiger partial charge in [-0.25, -0.2) is 14.6 Å². The molecule has 0 bridgehead atoms. The first-order chi connectivity index (χ1) is 19.7. The number of hydrogen-bond donors (Lipinski definition) is 2. The van der Waals surface area contributed by atoms with Crippen molar-refractivity contribution < 1.29 is 57.3 Å². The molecule has 3 heterocycles. The number of H-pyrrole nitrogens is 1. The minimum atomic E-state index is -1.41. The number of tetrazole rings is 1. The van der Waals surface area contributed by atoms with E-state index in [2.05, 4.69) is 25.6 Å². The summed E-state index contributed by atoms with van der Waals surface area (Å²) in [5, 5.41) is 25.3. The van der Waals surface area contributed by atoms with Gasteiger partial charge in [0.1, 0.15) is 17.1 Å². The van der Waals surface area contributed by atoms with Crippen LogP contribution in [0.2, 0.25) is 0 Å². The average Bonchev–Trinajstić information content (AvgIpc) is 3.67. The number of aryl methyl sites for hydroxylation is 2. The van der Waals surface area contributed by atoms with Gasteiger partial charge in [-0.15, -0.1) is 10.2 Å². The van der Waals surface area contributed by atoms with Gasteiger partial charge in [0.05, 0.1) is 0 Å². The number of benzene rings is 2. The molecule has 0 aliphatic carbocycles. The Morgan fingerprint density at radius 3 is 2.40 bits per heavy atom. The van der Waals surface area contributed by atoms with Gasteiger partial charge in [0.15, 0.2) is 23.8 Å². The topological polar surface area (TPSA) is 162 Å². The number of carbonyl (C=O) groups is 1. The molecule has 2 N–H and O–H groups in total. The molecule has 0 spiro atoms. The molecule has 218 valence electrons. The van der Waals surface area contributed by atoms with Crippen LogP contribution in [0.4, 0.5) is 0 Å². The van der Waals surface area contributed by atoms with Crippen molar-refractivity contribution in [2.75, 3.05) is 0 Å². The van der Waals surface area contributed by atoms with Gasteiger partial charge >= 0.3 is 64.4 Å². The van der Waals surface area contributed by atoms with Crippen molar-refractivity contribution in [1.82, 2.24) is 30.2 Å². The number of rotatable bonds is 10. The minimum absolute atomic E-state index is 0. The molecule has 0 fully saturated rings. The quantitative estimate of drug-likeness (QED) is 0.174. The Morgan fingerprint density at radius 1 is 1.12 bits per heavy atom. The predicted molar refractivity (Wildman–Crippen MR) is 156 cm³/mol. The van der Waals surface area contributed by atoms with Crippen molar-refractivity contribution in [3.63, 3.8) is 0 Å². The number of aromatic amines is 1. The smallest absolute Gasteiger partial charge is 1.00 e. The second kappa shape index (κ2) is 14.6. The van der Waals surface area contributed by atoms with Crippen LogP contribution in [-0.4, -0.2) is 64.3 Å². The fourth-order valence-electron chi connectivity index (χ4n) is 4.60. The van der Waals surface area contributed by atoms with E-state index >= 15 is 0 Å². The first-order valence-electron chi connectivity index (χ1n) is 13.2. The molecule has 0 radical (unpaired) electrons. The largest absolute Gasteiger partial charge is 2.00 e. The molecule has 0 atom stereocenters. The van der Waals surface area contributed by atoms with Crippen molar-refractivity contribution in [1.29, 1.82) is 0 Å². The molecular formula is C29H33MgN6NaO6. The molecule has 14 heteroatoms. The summed E-state index contributed by atoms with van der Waals surface area (Å²) in [6.45, 7) is 6.72. The molecule has 5 aromatic rings. The molecule has 3 aromatic heterocycles. The van der Waals surface area contributed by atoms with Crippen LogP contribution in [0.3, 0.4) is 0 Å². The third-order valence-corrected chi connectivity index (χ3v) is 6.58. The van der Waals surface area contributed by atoms with Crippen LogP contribution in [-0.2, 0) is 29.9 Å². The predicted octanol–water partition coefficient (Wildman–Crippen LogP) is 1.13. The summed E-state index contributed by atoms with van der Waals surface area (Å²) in [6, 6.07) is 15.7. The normalized spacial score (nSPS) is 11.1. The maximum atomic E-state index is 13.5. The van der Waals surface area contributed by atoms with E-state index in [0.717, 1.165) is 28.7 Å². The zero-order valence-corrected chi connectivity index (χ0v) is 28.3. The molecule has 0 saturated heterocycles. The minimum Gasteiger partial charge on any atom is -1.00 e. The van der Waals surface area contributed by atoms with Gasteiger partial charge in [0, 0.05) is 18.5 Å². The maximum absolute atomic E-state index is 13.5. The van der Waals surface area contributed by atoms with Crippen LogP contribution in [0.25, 0.3) is 22.5 Å². The van der Waals surface area contributed by atoms with E-state index in [9.17, 15) is 14.7 Å². The molecule has 5 rings (SSSR count). The fraction of sp³-hybridized carbons (Fsp3) is 0.310. The molecule has 12 nitrogen and oxygen atoms in total. The SMILES string of the molecule is CCCc1nc(C(C)(C)O)c(C(=O)OCc2oc(=O)oc2C)n1Cc1ccc(-c2ccccc2-c2nn[nH]n2)cc1.[H-].[H-].[H-].[Mg+2].[Na+]. The van der Waals surface area contributed by atoms with Crippen LogP contribution < -0.4 is 35.4 Å². The van der Waals surface area contributed by atoms with Gasteiger partial charge in [-0.05, 0) is 49.1 Å². The summed E-state index contributed by atoms with van der Waals surface area (Å²) in [7, 11) is 0. The van der Waals surface area contributed by atoms with Crippen molar-refractivity contribution >= 4 is 29.0 Å². The molecule has 0 amide bonds. The second-order valence-electron chi connectivity index (χ2n) is 10.1. The zero-order valence-electron chi connectivity index (χ0n) is 27.9. The van der Waals surface area contributed by atoms with E-state index in [4.69, 9.17) is 13.6 Å². The van der Waals surface area contributed by atoms with E-state index in [1.807, 2.05) is 55.5 Å². The number of ether oxygens (including phenoxy) is 1. The van der Waals surface area contributed by atoms with E-state index in [1.165, 1.54) is 0 Å². The van der Waals surface area contributed by atoms with E-state index < -0.39 is 17.4 Å². The van der Waals surface area contributed by atoms with Gasteiger partial charge in [-0.2, -0.15) is 5.21 Å². The van der Waals surface area contributed by atoms with Gasteiger partial charge in [0.2, 0.25) is 5.82 Å². The Kier molecular flexibility index (Phi) is 11.7. The number of nitrogens with zero attached hydrogens (tertiary/aromatic N) is 5. The van der Waals surface area contributed by atoms with Crippen LogP contribution in [0.5, 0.6) is 0 Å². The van der Waals surface area contributed by atoms with Crippen LogP contribution >= 0.6 is 0 Å². The summed E-state index contributed by atoms with van der Waals surface area (Å²) in [4.78, 5) is 29.5. The monoisotopic (exact) mass is 608 g/mol. The molecule has 0 unspecified atom stereocenters.